The topological polar surface area (TPSA) is 15.3 Å². The first-order chi connectivity index (χ1) is 9.35. The van der Waals surface area contributed by atoms with Crippen LogP contribution in [0.1, 0.15) is 78.1 Å². The summed E-state index contributed by atoms with van der Waals surface area (Å²) in [6.07, 6.45) is 14.1. The predicted molar refractivity (Wildman–Crippen MR) is 83.6 cm³/mol. The van der Waals surface area contributed by atoms with E-state index in [1.165, 1.54) is 77.3 Å². The van der Waals surface area contributed by atoms with E-state index < -0.39 is 0 Å². The first kappa shape index (κ1) is 15.3. The smallest absolute Gasteiger partial charge is 0.0113 e. The summed E-state index contributed by atoms with van der Waals surface area (Å²) in [6.45, 7) is 7.16. The van der Waals surface area contributed by atoms with E-state index in [0.29, 0.717) is 0 Å². The van der Waals surface area contributed by atoms with Gasteiger partial charge in [-0.1, -0.05) is 39.5 Å². The van der Waals surface area contributed by atoms with Gasteiger partial charge in [0.25, 0.3) is 0 Å². The van der Waals surface area contributed by atoms with Gasteiger partial charge in [-0.25, -0.2) is 0 Å². The minimum absolute atomic E-state index is 0.808. The molecular weight excluding hydrogens is 232 g/mol. The summed E-state index contributed by atoms with van der Waals surface area (Å²) in [4.78, 5) is 2.88. The molecule has 19 heavy (non-hydrogen) atoms. The molecule has 112 valence electrons. The van der Waals surface area contributed by atoms with Crippen LogP contribution < -0.4 is 5.32 Å². The van der Waals surface area contributed by atoms with Gasteiger partial charge in [-0.15, -0.1) is 0 Å². The summed E-state index contributed by atoms with van der Waals surface area (Å²) >= 11 is 0. The van der Waals surface area contributed by atoms with Crippen LogP contribution in [-0.2, 0) is 0 Å². The van der Waals surface area contributed by atoms with Gasteiger partial charge in [0.05, 0.1) is 0 Å². The highest BCUT2D eigenvalue weighted by atomic mass is 15.2. The predicted octanol–water partition coefficient (Wildman–Crippen LogP) is 3.95. The Kier molecular flexibility index (Phi) is 6.66. The summed E-state index contributed by atoms with van der Waals surface area (Å²) < 4.78 is 0. The highest BCUT2D eigenvalue weighted by Crippen LogP contribution is 2.34. The summed E-state index contributed by atoms with van der Waals surface area (Å²) in [5, 5.41) is 3.77. The largest absolute Gasteiger partial charge is 0.314 e. The van der Waals surface area contributed by atoms with Gasteiger partial charge in [-0.05, 0) is 51.6 Å². The van der Waals surface area contributed by atoms with Crippen LogP contribution in [0, 0.1) is 0 Å². The molecule has 0 spiro atoms. The van der Waals surface area contributed by atoms with Crippen molar-refractivity contribution >= 4 is 0 Å². The molecule has 2 unspecified atom stereocenters. The van der Waals surface area contributed by atoms with Gasteiger partial charge in [-0.2, -0.15) is 0 Å². The van der Waals surface area contributed by atoms with Crippen LogP contribution in [0.4, 0.5) is 0 Å². The summed E-state index contributed by atoms with van der Waals surface area (Å²) in [6, 6.07) is 2.59. The van der Waals surface area contributed by atoms with Crippen LogP contribution in [0.2, 0.25) is 0 Å². The Morgan fingerprint density at radius 1 is 0.947 bits per heavy atom. The molecule has 2 heteroatoms. The average molecular weight is 266 g/mol. The van der Waals surface area contributed by atoms with Crippen LogP contribution in [0.25, 0.3) is 0 Å². The Hall–Kier alpha value is -0.0800. The quantitative estimate of drug-likeness (QED) is 0.669. The monoisotopic (exact) mass is 266 g/mol. The molecule has 2 heterocycles. The van der Waals surface area contributed by atoms with E-state index in [1.807, 2.05) is 0 Å². The van der Waals surface area contributed by atoms with E-state index in [2.05, 4.69) is 24.1 Å². The second kappa shape index (κ2) is 8.26. The summed E-state index contributed by atoms with van der Waals surface area (Å²) in [7, 11) is 0. The van der Waals surface area contributed by atoms with Crippen LogP contribution in [-0.4, -0.2) is 36.1 Å². The lowest BCUT2D eigenvalue weighted by Gasteiger charge is -2.49. The minimum atomic E-state index is 0.808. The molecule has 2 fully saturated rings. The molecule has 0 aromatic rings. The summed E-state index contributed by atoms with van der Waals surface area (Å²) in [5.41, 5.74) is 0. The van der Waals surface area contributed by atoms with E-state index >= 15 is 0 Å². The van der Waals surface area contributed by atoms with Gasteiger partial charge in [0.2, 0.25) is 0 Å². The molecule has 2 bridgehead atoms. The number of hydrogen-bond acceptors (Lipinski definition) is 2. The van der Waals surface area contributed by atoms with Gasteiger partial charge in [0, 0.05) is 18.1 Å². The molecule has 1 N–H and O–H groups in total. The maximum atomic E-state index is 3.77. The van der Waals surface area contributed by atoms with Crippen molar-refractivity contribution < 1.29 is 0 Å². The lowest BCUT2D eigenvalue weighted by Crippen LogP contribution is -2.56. The Bertz CT molecular complexity index is 227. The number of hydrogen-bond donors (Lipinski definition) is 1. The van der Waals surface area contributed by atoms with Gasteiger partial charge in [-0.3, -0.25) is 4.90 Å². The molecule has 2 nitrogen and oxygen atoms in total. The molecule has 2 aliphatic heterocycles. The van der Waals surface area contributed by atoms with E-state index in [9.17, 15) is 0 Å². The van der Waals surface area contributed by atoms with Crippen molar-refractivity contribution in [2.75, 3.05) is 13.1 Å². The third kappa shape index (κ3) is 4.46. The van der Waals surface area contributed by atoms with Crippen LogP contribution in [0.5, 0.6) is 0 Å². The summed E-state index contributed by atoms with van der Waals surface area (Å²) in [5.74, 6) is 0. The highest BCUT2D eigenvalue weighted by molar-refractivity contribution is 4.94. The molecule has 0 aliphatic carbocycles. The van der Waals surface area contributed by atoms with Crippen molar-refractivity contribution in [1.82, 2.24) is 10.2 Å². The zero-order chi connectivity index (χ0) is 13.5. The van der Waals surface area contributed by atoms with Crippen molar-refractivity contribution in [3.63, 3.8) is 0 Å². The lowest BCUT2D eigenvalue weighted by molar-refractivity contribution is 0.0233. The molecule has 2 aliphatic rings. The standard InChI is InChI=1S/C17H34N2/c1-3-5-6-7-12-19-16-9-8-10-17(19)14-15(13-16)18-11-4-2/h15-18H,3-14H2,1-2H3. The fourth-order valence-corrected chi connectivity index (χ4v) is 4.08. The molecule has 2 rings (SSSR count). The molecule has 0 amide bonds. The molecule has 0 radical (unpaired) electrons. The van der Waals surface area contributed by atoms with Crippen LogP contribution >= 0.6 is 0 Å². The first-order valence-corrected chi connectivity index (χ1v) is 8.84. The maximum Gasteiger partial charge on any atom is 0.0113 e. The number of nitrogens with one attached hydrogen (secondary N) is 1. The third-order valence-electron chi connectivity index (χ3n) is 5.08. The lowest BCUT2D eigenvalue weighted by atomic mass is 9.81. The zero-order valence-corrected chi connectivity index (χ0v) is 13.2. The Morgan fingerprint density at radius 3 is 2.32 bits per heavy atom. The Morgan fingerprint density at radius 2 is 1.68 bits per heavy atom. The molecule has 0 aromatic carbocycles. The van der Waals surface area contributed by atoms with Gasteiger partial charge < -0.3 is 5.32 Å². The zero-order valence-electron chi connectivity index (χ0n) is 13.2. The second-order valence-electron chi connectivity index (χ2n) is 6.66. The normalized spacial score (nSPS) is 31.6. The molecule has 0 saturated carbocycles. The van der Waals surface area contributed by atoms with E-state index in [-0.39, 0.29) is 0 Å². The number of rotatable bonds is 8. The van der Waals surface area contributed by atoms with Crippen molar-refractivity contribution in [1.29, 1.82) is 0 Å². The molecular formula is C17H34N2. The van der Waals surface area contributed by atoms with Gasteiger partial charge >= 0.3 is 0 Å². The van der Waals surface area contributed by atoms with Crippen molar-refractivity contribution in [3.8, 4) is 0 Å². The molecule has 2 atom stereocenters. The fraction of sp³-hybridized carbons (Fsp3) is 1.00. The van der Waals surface area contributed by atoms with E-state index in [4.69, 9.17) is 0 Å². The van der Waals surface area contributed by atoms with Gasteiger partial charge in [0.15, 0.2) is 0 Å². The number of unbranched alkanes of at least 4 members (excludes halogenated alkanes) is 3. The van der Waals surface area contributed by atoms with E-state index in [1.54, 1.807) is 0 Å². The number of nitrogens with zero attached hydrogens (tertiary/aromatic N) is 1. The Labute approximate surface area is 120 Å². The minimum Gasteiger partial charge on any atom is -0.314 e. The van der Waals surface area contributed by atoms with Crippen molar-refractivity contribution in [2.24, 2.45) is 0 Å². The highest BCUT2D eigenvalue weighted by Gasteiger charge is 2.37. The first-order valence-electron chi connectivity index (χ1n) is 8.84. The number of piperidine rings is 2. The fourth-order valence-electron chi connectivity index (χ4n) is 4.08. The van der Waals surface area contributed by atoms with Crippen LogP contribution in [0.3, 0.4) is 0 Å². The van der Waals surface area contributed by atoms with E-state index in [0.717, 1.165) is 18.1 Å². The SMILES string of the molecule is CCCCCCN1C2CCCC1CC(NCCC)C2. The second-order valence-corrected chi connectivity index (χ2v) is 6.66. The molecule has 2 saturated heterocycles. The molecule has 0 aromatic heterocycles. The third-order valence-corrected chi connectivity index (χ3v) is 5.08. The number of fused-ring (bicyclic) bond motifs is 2. The van der Waals surface area contributed by atoms with Crippen molar-refractivity contribution in [3.05, 3.63) is 0 Å². The Balaban J connectivity index is 1.78. The van der Waals surface area contributed by atoms with Gasteiger partial charge in [0.1, 0.15) is 0 Å². The maximum absolute atomic E-state index is 3.77. The van der Waals surface area contributed by atoms with Crippen molar-refractivity contribution in [2.45, 2.75) is 96.2 Å². The average Bonchev–Trinajstić information content (AvgIpc) is 2.41. The van der Waals surface area contributed by atoms with Crippen LogP contribution in [0.15, 0.2) is 0 Å².